The number of fused-ring (bicyclic) bond motifs is 1. The molecule has 2 aromatic carbocycles. The minimum atomic E-state index is -0.709. The van der Waals surface area contributed by atoms with E-state index in [0.29, 0.717) is 35.3 Å². The number of aryl methyl sites for hydroxylation is 1. The molecule has 0 radical (unpaired) electrons. The number of ether oxygens (including phenoxy) is 1. The lowest BCUT2D eigenvalue weighted by Crippen LogP contribution is -2.20. The van der Waals surface area contributed by atoms with Crippen molar-refractivity contribution < 1.29 is 23.9 Å². The molecule has 8 heteroatoms. The average molecular weight is 434 g/mol. The molecule has 156 valence electrons. The summed E-state index contributed by atoms with van der Waals surface area (Å²) in [7, 11) is 0. The lowest BCUT2D eigenvalue weighted by molar-refractivity contribution is -0.116. The highest BCUT2D eigenvalue weighted by Crippen LogP contribution is 2.24. The summed E-state index contributed by atoms with van der Waals surface area (Å²) in [6, 6.07) is 13.1. The number of para-hydroxylation sites is 1. The largest absolute Gasteiger partial charge is 0.454 e. The van der Waals surface area contributed by atoms with Gasteiger partial charge in [-0.2, -0.15) is 11.3 Å². The van der Waals surface area contributed by atoms with E-state index in [1.165, 1.54) is 17.4 Å². The van der Waals surface area contributed by atoms with Crippen molar-refractivity contribution in [1.82, 2.24) is 0 Å². The van der Waals surface area contributed by atoms with Gasteiger partial charge in [0.2, 0.25) is 5.91 Å². The fraction of sp³-hybridized carbons (Fsp3) is 0.130. The standard InChI is InChI=1S/C23H18N2O5S/c26-20(15-5-7-18-14(11-15)6-8-21(27)24-18)12-30-23(29)17-3-1-2-4-19(17)25-22(28)16-9-10-31-13-16/h1-5,7,9-11,13H,6,8,12H2,(H,24,27)(H,25,28). The summed E-state index contributed by atoms with van der Waals surface area (Å²) in [4.78, 5) is 48.8. The summed E-state index contributed by atoms with van der Waals surface area (Å²) < 4.78 is 5.21. The molecule has 0 atom stereocenters. The number of amides is 2. The van der Waals surface area contributed by atoms with Crippen LogP contribution in [0.5, 0.6) is 0 Å². The number of hydrogen-bond donors (Lipinski definition) is 2. The Bertz CT molecular complexity index is 1170. The second kappa shape index (κ2) is 8.93. The summed E-state index contributed by atoms with van der Waals surface area (Å²) in [6.07, 6.45) is 0.923. The molecule has 3 aromatic rings. The van der Waals surface area contributed by atoms with Crippen LogP contribution >= 0.6 is 11.3 Å². The van der Waals surface area contributed by atoms with Crippen LogP contribution < -0.4 is 10.6 Å². The van der Waals surface area contributed by atoms with Gasteiger partial charge in [0.05, 0.1) is 16.8 Å². The molecule has 31 heavy (non-hydrogen) atoms. The van der Waals surface area contributed by atoms with Crippen LogP contribution in [0.1, 0.15) is 43.1 Å². The molecule has 0 unspecified atom stereocenters. The van der Waals surface area contributed by atoms with Gasteiger partial charge in [-0.1, -0.05) is 12.1 Å². The Balaban J connectivity index is 1.42. The third-order valence-corrected chi connectivity index (χ3v) is 5.52. The number of esters is 1. The van der Waals surface area contributed by atoms with Crippen LogP contribution in [-0.2, 0) is 16.0 Å². The summed E-state index contributed by atoms with van der Waals surface area (Å²) in [6.45, 7) is -0.434. The Hall–Kier alpha value is -3.78. The molecule has 4 rings (SSSR count). The van der Waals surface area contributed by atoms with Crippen molar-refractivity contribution >= 4 is 46.3 Å². The third kappa shape index (κ3) is 4.70. The Morgan fingerprint density at radius 3 is 2.68 bits per heavy atom. The smallest absolute Gasteiger partial charge is 0.340 e. The first-order valence-electron chi connectivity index (χ1n) is 9.57. The van der Waals surface area contributed by atoms with Crippen molar-refractivity contribution in [3.8, 4) is 0 Å². The maximum absolute atomic E-state index is 12.6. The maximum atomic E-state index is 12.6. The predicted molar refractivity (Wildman–Crippen MR) is 117 cm³/mol. The van der Waals surface area contributed by atoms with E-state index in [-0.39, 0.29) is 23.2 Å². The van der Waals surface area contributed by atoms with Gasteiger partial charge in [-0.25, -0.2) is 4.79 Å². The van der Waals surface area contributed by atoms with Gasteiger partial charge in [-0.05, 0) is 53.8 Å². The highest BCUT2D eigenvalue weighted by Gasteiger charge is 2.19. The number of Topliss-reactive ketones (excluding diaryl/α,β-unsaturated/α-hetero) is 1. The van der Waals surface area contributed by atoms with Crippen LogP contribution in [-0.4, -0.2) is 30.2 Å². The molecule has 2 N–H and O–H groups in total. The summed E-state index contributed by atoms with van der Waals surface area (Å²) in [5, 5.41) is 8.95. The van der Waals surface area contributed by atoms with Crippen molar-refractivity contribution in [1.29, 1.82) is 0 Å². The predicted octanol–water partition coefficient (Wildman–Crippen LogP) is 3.92. The number of benzene rings is 2. The van der Waals surface area contributed by atoms with Crippen LogP contribution in [0.2, 0.25) is 0 Å². The number of ketones is 1. The van der Waals surface area contributed by atoms with Crippen molar-refractivity contribution in [3.05, 3.63) is 81.5 Å². The molecule has 1 aliphatic heterocycles. The van der Waals surface area contributed by atoms with E-state index in [1.54, 1.807) is 53.2 Å². The maximum Gasteiger partial charge on any atom is 0.340 e. The van der Waals surface area contributed by atoms with Crippen LogP contribution in [0, 0.1) is 0 Å². The molecule has 1 aromatic heterocycles. The van der Waals surface area contributed by atoms with Crippen LogP contribution in [0.15, 0.2) is 59.3 Å². The lowest BCUT2D eigenvalue weighted by Gasteiger charge is -2.17. The number of nitrogens with one attached hydrogen (secondary N) is 2. The Kier molecular flexibility index (Phi) is 5.90. The van der Waals surface area contributed by atoms with Crippen molar-refractivity contribution in [2.24, 2.45) is 0 Å². The number of rotatable bonds is 6. The lowest BCUT2D eigenvalue weighted by atomic mass is 9.99. The third-order valence-electron chi connectivity index (χ3n) is 4.84. The normalized spacial score (nSPS) is 12.5. The quantitative estimate of drug-likeness (QED) is 0.452. The van der Waals surface area contributed by atoms with E-state index < -0.39 is 12.6 Å². The van der Waals surface area contributed by atoms with Crippen LogP contribution in [0.25, 0.3) is 0 Å². The summed E-state index contributed by atoms with van der Waals surface area (Å²) in [5.74, 6) is -1.45. The fourth-order valence-corrected chi connectivity index (χ4v) is 3.84. The minimum absolute atomic E-state index is 0.0507. The Labute approximate surface area is 182 Å². The van der Waals surface area contributed by atoms with Gasteiger partial charge >= 0.3 is 5.97 Å². The first kappa shape index (κ1) is 20.5. The van der Waals surface area contributed by atoms with E-state index in [9.17, 15) is 19.2 Å². The van der Waals surface area contributed by atoms with Gasteiger partial charge in [0.1, 0.15) is 0 Å². The Morgan fingerprint density at radius 1 is 1.03 bits per heavy atom. The number of carbonyl (C=O) groups is 4. The first-order chi connectivity index (χ1) is 15.0. The van der Waals surface area contributed by atoms with E-state index in [4.69, 9.17) is 4.74 Å². The fourth-order valence-electron chi connectivity index (χ4n) is 3.21. The zero-order valence-electron chi connectivity index (χ0n) is 16.3. The SMILES string of the molecule is O=C1CCc2cc(C(=O)COC(=O)c3ccccc3NC(=O)c3ccsc3)ccc2N1. The molecular formula is C23H18N2O5S. The number of carbonyl (C=O) groups excluding carboxylic acids is 4. The van der Waals surface area contributed by atoms with E-state index in [2.05, 4.69) is 10.6 Å². The second-order valence-corrected chi connectivity index (χ2v) is 7.71. The highest BCUT2D eigenvalue weighted by atomic mass is 32.1. The van der Waals surface area contributed by atoms with Gasteiger partial charge in [-0.15, -0.1) is 0 Å². The van der Waals surface area contributed by atoms with Crippen molar-refractivity contribution in [2.75, 3.05) is 17.2 Å². The first-order valence-corrected chi connectivity index (χ1v) is 10.5. The Morgan fingerprint density at radius 2 is 1.87 bits per heavy atom. The highest BCUT2D eigenvalue weighted by molar-refractivity contribution is 7.08. The van der Waals surface area contributed by atoms with E-state index in [1.807, 2.05) is 0 Å². The average Bonchev–Trinajstić information content (AvgIpc) is 3.32. The number of anilines is 2. The van der Waals surface area contributed by atoms with Crippen molar-refractivity contribution in [3.63, 3.8) is 0 Å². The second-order valence-electron chi connectivity index (χ2n) is 6.93. The molecule has 0 spiro atoms. The zero-order valence-corrected chi connectivity index (χ0v) is 17.2. The molecule has 0 saturated carbocycles. The zero-order chi connectivity index (χ0) is 21.8. The molecule has 7 nitrogen and oxygen atoms in total. The molecule has 2 heterocycles. The van der Waals surface area contributed by atoms with Crippen LogP contribution in [0.4, 0.5) is 11.4 Å². The molecule has 0 fully saturated rings. The molecule has 0 bridgehead atoms. The number of thiophene rings is 1. The van der Waals surface area contributed by atoms with Crippen molar-refractivity contribution in [2.45, 2.75) is 12.8 Å². The molecule has 2 amide bonds. The van der Waals surface area contributed by atoms with Gasteiger partial charge in [0, 0.05) is 23.1 Å². The van der Waals surface area contributed by atoms with E-state index >= 15 is 0 Å². The summed E-state index contributed by atoms with van der Waals surface area (Å²) in [5.41, 5.74) is 2.93. The minimum Gasteiger partial charge on any atom is -0.454 e. The van der Waals surface area contributed by atoms with Gasteiger partial charge in [0.15, 0.2) is 12.4 Å². The molecule has 1 aliphatic rings. The molecular weight excluding hydrogens is 416 g/mol. The number of hydrogen-bond acceptors (Lipinski definition) is 6. The molecule has 0 aliphatic carbocycles. The van der Waals surface area contributed by atoms with Gasteiger partial charge in [0.25, 0.3) is 5.91 Å². The molecule has 0 saturated heterocycles. The monoisotopic (exact) mass is 434 g/mol. The topological polar surface area (TPSA) is 102 Å². The van der Waals surface area contributed by atoms with Gasteiger partial charge < -0.3 is 15.4 Å². The van der Waals surface area contributed by atoms with Gasteiger partial charge in [-0.3, -0.25) is 14.4 Å². The van der Waals surface area contributed by atoms with E-state index in [0.717, 1.165) is 5.56 Å². The van der Waals surface area contributed by atoms with Crippen LogP contribution in [0.3, 0.4) is 0 Å². The summed E-state index contributed by atoms with van der Waals surface area (Å²) >= 11 is 1.40.